The van der Waals surface area contributed by atoms with Gasteiger partial charge in [-0.15, -0.1) is 0 Å². The molecule has 0 radical (unpaired) electrons. The largest absolute Gasteiger partial charge is 0.508 e. The van der Waals surface area contributed by atoms with Crippen molar-refractivity contribution in [1.82, 2.24) is 0 Å². The average Bonchev–Trinajstić information content (AvgIpc) is 2.13. The molecule has 1 nitrogen and oxygen atoms in total. The summed E-state index contributed by atoms with van der Waals surface area (Å²) in [6.45, 7) is 2.15. The van der Waals surface area contributed by atoms with E-state index in [0.717, 1.165) is 18.4 Å². The Morgan fingerprint density at radius 3 is 2.92 bits per heavy atom. The fourth-order valence-corrected chi connectivity index (χ4v) is 1.01. The van der Waals surface area contributed by atoms with Crippen molar-refractivity contribution in [3.8, 4) is 17.6 Å². The van der Waals surface area contributed by atoms with Gasteiger partial charge in [-0.25, -0.2) is 0 Å². The van der Waals surface area contributed by atoms with Crippen LogP contribution in [-0.2, 0) is 0 Å². The molecule has 0 saturated carbocycles. The number of hydrogen-bond donors (Lipinski definition) is 1. The fraction of sp³-hybridized carbons (Fsp3) is 0.333. The van der Waals surface area contributed by atoms with Gasteiger partial charge < -0.3 is 5.11 Å². The van der Waals surface area contributed by atoms with Gasteiger partial charge in [0.05, 0.1) is 0 Å². The van der Waals surface area contributed by atoms with E-state index < -0.39 is 0 Å². The Labute approximate surface area is 79.4 Å². The van der Waals surface area contributed by atoms with Gasteiger partial charge in [0.15, 0.2) is 0 Å². The highest BCUT2D eigenvalue weighted by molar-refractivity contribution is 5.38. The molecule has 1 rings (SSSR count). The summed E-state index contributed by atoms with van der Waals surface area (Å²) in [6, 6.07) is 7.04. The molecule has 0 spiro atoms. The standard InChI is InChI=1S/C12H14O/c1-2-3-4-5-7-11-8-6-9-12(13)10-11/h6,8-10,13H,2-4H2,1H3. The molecule has 1 heteroatoms. The van der Waals surface area contributed by atoms with E-state index in [2.05, 4.69) is 18.8 Å². The maximum Gasteiger partial charge on any atom is 0.116 e. The van der Waals surface area contributed by atoms with E-state index in [1.807, 2.05) is 6.07 Å². The molecule has 0 unspecified atom stereocenters. The summed E-state index contributed by atoms with van der Waals surface area (Å²) in [6.07, 6.45) is 3.26. The predicted molar refractivity (Wildman–Crippen MR) is 54.5 cm³/mol. The Morgan fingerprint density at radius 1 is 1.38 bits per heavy atom. The molecule has 0 aromatic heterocycles. The van der Waals surface area contributed by atoms with Gasteiger partial charge in [0.25, 0.3) is 0 Å². The quantitative estimate of drug-likeness (QED) is 0.540. The van der Waals surface area contributed by atoms with Crippen LogP contribution < -0.4 is 0 Å². The minimum atomic E-state index is 0.280. The van der Waals surface area contributed by atoms with E-state index in [4.69, 9.17) is 5.11 Å². The highest BCUT2D eigenvalue weighted by Crippen LogP contribution is 2.09. The average molecular weight is 174 g/mol. The fourth-order valence-electron chi connectivity index (χ4n) is 1.01. The minimum Gasteiger partial charge on any atom is -0.508 e. The molecule has 0 aliphatic carbocycles. The topological polar surface area (TPSA) is 20.2 Å². The van der Waals surface area contributed by atoms with Crippen molar-refractivity contribution in [2.24, 2.45) is 0 Å². The predicted octanol–water partition coefficient (Wildman–Crippen LogP) is 2.93. The lowest BCUT2D eigenvalue weighted by Gasteiger charge is -1.91. The molecular formula is C12H14O. The molecule has 13 heavy (non-hydrogen) atoms. The third-order valence-electron chi connectivity index (χ3n) is 1.73. The zero-order chi connectivity index (χ0) is 9.52. The second-order valence-corrected chi connectivity index (χ2v) is 2.96. The van der Waals surface area contributed by atoms with Crippen LogP contribution >= 0.6 is 0 Å². The number of unbranched alkanes of at least 4 members (excludes halogenated alkanes) is 2. The van der Waals surface area contributed by atoms with E-state index in [1.165, 1.54) is 6.42 Å². The molecule has 1 aromatic carbocycles. The lowest BCUT2D eigenvalue weighted by Crippen LogP contribution is -1.73. The second-order valence-electron chi connectivity index (χ2n) is 2.96. The number of phenols is 1. The van der Waals surface area contributed by atoms with E-state index in [9.17, 15) is 0 Å². The molecule has 68 valence electrons. The van der Waals surface area contributed by atoms with Crippen LogP contribution in [0.1, 0.15) is 31.7 Å². The Kier molecular flexibility index (Phi) is 3.92. The zero-order valence-corrected chi connectivity index (χ0v) is 7.88. The summed E-state index contributed by atoms with van der Waals surface area (Å²) in [7, 11) is 0. The Balaban J connectivity index is 2.56. The number of hydrogen-bond acceptors (Lipinski definition) is 1. The van der Waals surface area contributed by atoms with Crippen molar-refractivity contribution in [3.63, 3.8) is 0 Å². The molecule has 1 aromatic rings. The van der Waals surface area contributed by atoms with Crippen molar-refractivity contribution in [2.75, 3.05) is 0 Å². The van der Waals surface area contributed by atoms with Crippen LogP contribution in [0.25, 0.3) is 0 Å². The van der Waals surface area contributed by atoms with Crippen LogP contribution in [-0.4, -0.2) is 5.11 Å². The van der Waals surface area contributed by atoms with Crippen LogP contribution in [0.2, 0.25) is 0 Å². The van der Waals surface area contributed by atoms with Gasteiger partial charge in [0.2, 0.25) is 0 Å². The minimum absolute atomic E-state index is 0.280. The van der Waals surface area contributed by atoms with Crippen LogP contribution in [0.15, 0.2) is 24.3 Å². The Hall–Kier alpha value is -1.42. The van der Waals surface area contributed by atoms with Crippen LogP contribution in [0.3, 0.4) is 0 Å². The van der Waals surface area contributed by atoms with Crippen molar-refractivity contribution in [1.29, 1.82) is 0 Å². The first kappa shape index (κ1) is 9.67. The van der Waals surface area contributed by atoms with Crippen molar-refractivity contribution >= 4 is 0 Å². The van der Waals surface area contributed by atoms with Gasteiger partial charge >= 0.3 is 0 Å². The van der Waals surface area contributed by atoms with E-state index in [1.54, 1.807) is 18.2 Å². The lowest BCUT2D eigenvalue weighted by molar-refractivity contribution is 0.475. The molecular weight excluding hydrogens is 160 g/mol. The summed E-state index contributed by atoms with van der Waals surface area (Å²) in [4.78, 5) is 0. The summed E-state index contributed by atoms with van der Waals surface area (Å²) in [5, 5.41) is 9.15. The molecule has 0 heterocycles. The maximum atomic E-state index is 9.15. The summed E-state index contributed by atoms with van der Waals surface area (Å²) in [5.41, 5.74) is 0.885. The third kappa shape index (κ3) is 3.66. The van der Waals surface area contributed by atoms with Crippen LogP contribution in [0.5, 0.6) is 5.75 Å². The van der Waals surface area contributed by atoms with Gasteiger partial charge in [0, 0.05) is 12.0 Å². The smallest absolute Gasteiger partial charge is 0.116 e. The highest BCUT2D eigenvalue weighted by Gasteiger charge is 1.87. The first-order valence-electron chi connectivity index (χ1n) is 4.61. The lowest BCUT2D eigenvalue weighted by atomic mass is 10.2. The van der Waals surface area contributed by atoms with Crippen molar-refractivity contribution < 1.29 is 5.11 Å². The monoisotopic (exact) mass is 174 g/mol. The molecule has 0 amide bonds. The van der Waals surface area contributed by atoms with Gasteiger partial charge in [0.1, 0.15) is 5.75 Å². The summed E-state index contributed by atoms with van der Waals surface area (Å²) >= 11 is 0. The number of phenolic OH excluding ortho intramolecular Hbond substituents is 1. The Bertz CT molecular complexity index is 317. The first-order chi connectivity index (χ1) is 6.33. The molecule has 0 saturated heterocycles. The molecule has 0 bridgehead atoms. The van der Waals surface area contributed by atoms with E-state index in [-0.39, 0.29) is 5.75 Å². The number of benzene rings is 1. The normalized spacial score (nSPS) is 9.00. The highest BCUT2D eigenvalue weighted by atomic mass is 16.3. The molecule has 0 aliphatic heterocycles. The molecule has 0 fully saturated rings. The molecule has 0 atom stereocenters. The van der Waals surface area contributed by atoms with E-state index in [0.29, 0.717) is 0 Å². The molecule has 1 N–H and O–H groups in total. The summed E-state index contributed by atoms with van der Waals surface area (Å²) < 4.78 is 0. The van der Waals surface area contributed by atoms with Gasteiger partial charge in [-0.05, 0) is 24.6 Å². The third-order valence-corrected chi connectivity index (χ3v) is 1.73. The molecule has 0 aliphatic rings. The van der Waals surface area contributed by atoms with Gasteiger partial charge in [-0.3, -0.25) is 0 Å². The van der Waals surface area contributed by atoms with Gasteiger partial charge in [-0.2, -0.15) is 0 Å². The maximum absolute atomic E-state index is 9.15. The van der Waals surface area contributed by atoms with Crippen molar-refractivity contribution in [3.05, 3.63) is 29.8 Å². The number of aromatic hydroxyl groups is 1. The second kappa shape index (κ2) is 5.27. The first-order valence-corrected chi connectivity index (χ1v) is 4.61. The SMILES string of the molecule is CCCCC#Cc1cccc(O)c1. The van der Waals surface area contributed by atoms with E-state index >= 15 is 0 Å². The summed E-state index contributed by atoms with van der Waals surface area (Å²) in [5.74, 6) is 6.36. The Morgan fingerprint density at radius 2 is 2.23 bits per heavy atom. The zero-order valence-electron chi connectivity index (χ0n) is 7.88. The van der Waals surface area contributed by atoms with Gasteiger partial charge in [-0.1, -0.05) is 31.3 Å². The number of rotatable bonds is 2. The van der Waals surface area contributed by atoms with Crippen molar-refractivity contribution in [2.45, 2.75) is 26.2 Å². The van der Waals surface area contributed by atoms with Crippen LogP contribution in [0.4, 0.5) is 0 Å². The van der Waals surface area contributed by atoms with Crippen LogP contribution in [0, 0.1) is 11.8 Å².